The summed E-state index contributed by atoms with van der Waals surface area (Å²) in [6.45, 7) is 2.42. The molecule has 0 saturated heterocycles. The molecule has 0 fully saturated rings. The van der Waals surface area contributed by atoms with E-state index in [0.717, 1.165) is 26.7 Å². The van der Waals surface area contributed by atoms with Crippen LogP contribution in [0, 0.1) is 6.92 Å². The first kappa shape index (κ1) is 14.8. The molecule has 0 saturated carbocycles. The van der Waals surface area contributed by atoms with E-state index in [1.807, 2.05) is 43.3 Å². The SMILES string of the molecule is Cc1c(C(=O)NCCc2ccccn2)oc2ccc(Br)cc12. The van der Waals surface area contributed by atoms with Gasteiger partial charge in [-0.2, -0.15) is 0 Å². The molecule has 2 heterocycles. The molecule has 0 aliphatic carbocycles. The maximum atomic E-state index is 12.3. The second-order valence-corrected chi connectivity index (χ2v) is 5.94. The Bertz CT molecular complexity index is 812. The van der Waals surface area contributed by atoms with E-state index < -0.39 is 0 Å². The number of hydrogen-bond donors (Lipinski definition) is 1. The first-order valence-corrected chi connectivity index (χ1v) is 7.81. The summed E-state index contributed by atoms with van der Waals surface area (Å²) < 4.78 is 6.63. The average Bonchev–Trinajstić information content (AvgIpc) is 2.85. The van der Waals surface area contributed by atoms with E-state index in [1.165, 1.54) is 0 Å². The minimum atomic E-state index is -0.194. The maximum absolute atomic E-state index is 12.3. The summed E-state index contributed by atoms with van der Waals surface area (Å²) in [6.07, 6.45) is 2.44. The highest BCUT2D eigenvalue weighted by Gasteiger charge is 2.17. The minimum Gasteiger partial charge on any atom is -0.451 e. The van der Waals surface area contributed by atoms with Crippen LogP contribution in [-0.4, -0.2) is 17.4 Å². The number of aromatic nitrogens is 1. The summed E-state index contributed by atoms with van der Waals surface area (Å²) in [5, 5.41) is 3.83. The van der Waals surface area contributed by atoms with Crippen molar-refractivity contribution in [3.63, 3.8) is 0 Å². The first-order chi connectivity index (χ1) is 10.6. The first-order valence-electron chi connectivity index (χ1n) is 7.02. The van der Waals surface area contributed by atoms with E-state index in [-0.39, 0.29) is 5.91 Å². The van der Waals surface area contributed by atoms with Gasteiger partial charge in [-0.25, -0.2) is 0 Å². The van der Waals surface area contributed by atoms with Gasteiger partial charge in [0.1, 0.15) is 5.58 Å². The lowest BCUT2D eigenvalue weighted by Crippen LogP contribution is -2.26. The number of halogens is 1. The van der Waals surface area contributed by atoms with Gasteiger partial charge in [0.05, 0.1) is 0 Å². The van der Waals surface area contributed by atoms with E-state index in [1.54, 1.807) is 6.20 Å². The number of hydrogen-bond acceptors (Lipinski definition) is 3. The Hall–Kier alpha value is -2.14. The van der Waals surface area contributed by atoms with Gasteiger partial charge in [0.25, 0.3) is 5.91 Å². The second-order valence-electron chi connectivity index (χ2n) is 5.02. The topological polar surface area (TPSA) is 55.1 Å². The Morgan fingerprint density at radius 2 is 2.18 bits per heavy atom. The van der Waals surface area contributed by atoms with Crippen molar-refractivity contribution in [1.29, 1.82) is 0 Å². The van der Waals surface area contributed by atoms with Gasteiger partial charge in [-0.3, -0.25) is 9.78 Å². The quantitative estimate of drug-likeness (QED) is 0.769. The third-order valence-electron chi connectivity index (χ3n) is 3.50. The van der Waals surface area contributed by atoms with Crippen LogP contribution in [0.5, 0.6) is 0 Å². The lowest BCUT2D eigenvalue weighted by atomic mass is 10.1. The largest absolute Gasteiger partial charge is 0.451 e. The molecule has 1 amide bonds. The number of furan rings is 1. The summed E-state index contributed by atoms with van der Waals surface area (Å²) in [5.74, 6) is 0.176. The van der Waals surface area contributed by atoms with Crippen LogP contribution in [0.3, 0.4) is 0 Å². The number of pyridine rings is 1. The maximum Gasteiger partial charge on any atom is 0.287 e. The predicted octanol–water partition coefficient (Wildman–Crippen LogP) is 3.87. The van der Waals surface area contributed by atoms with Gasteiger partial charge in [-0.15, -0.1) is 0 Å². The number of nitrogens with one attached hydrogen (secondary N) is 1. The van der Waals surface area contributed by atoms with Crippen LogP contribution in [-0.2, 0) is 6.42 Å². The number of rotatable bonds is 4. The molecule has 4 nitrogen and oxygen atoms in total. The molecule has 0 radical (unpaired) electrons. The van der Waals surface area contributed by atoms with Gasteiger partial charge >= 0.3 is 0 Å². The molecule has 0 aliphatic heterocycles. The molecule has 0 bridgehead atoms. The highest BCUT2D eigenvalue weighted by molar-refractivity contribution is 9.10. The molecule has 2 aromatic heterocycles. The van der Waals surface area contributed by atoms with Gasteiger partial charge in [0, 0.05) is 40.3 Å². The van der Waals surface area contributed by atoms with Gasteiger partial charge in [-0.05, 0) is 37.3 Å². The number of nitrogens with zero attached hydrogens (tertiary/aromatic N) is 1. The molecule has 112 valence electrons. The molecule has 1 N–H and O–H groups in total. The summed E-state index contributed by atoms with van der Waals surface area (Å²) in [7, 11) is 0. The highest BCUT2D eigenvalue weighted by atomic mass is 79.9. The zero-order chi connectivity index (χ0) is 15.5. The summed E-state index contributed by atoms with van der Waals surface area (Å²) >= 11 is 3.43. The van der Waals surface area contributed by atoms with Gasteiger partial charge in [0.2, 0.25) is 0 Å². The van der Waals surface area contributed by atoms with E-state index in [4.69, 9.17) is 4.42 Å². The monoisotopic (exact) mass is 358 g/mol. The normalized spacial score (nSPS) is 10.8. The van der Waals surface area contributed by atoms with Crippen LogP contribution in [0.2, 0.25) is 0 Å². The van der Waals surface area contributed by atoms with Gasteiger partial charge in [-0.1, -0.05) is 22.0 Å². The van der Waals surface area contributed by atoms with E-state index in [0.29, 0.717) is 18.7 Å². The Morgan fingerprint density at radius 3 is 2.95 bits per heavy atom. The fourth-order valence-electron chi connectivity index (χ4n) is 2.34. The zero-order valence-corrected chi connectivity index (χ0v) is 13.7. The van der Waals surface area contributed by atoms with Crippen molar-refractivity contribution in [2.24, 2.45) is 0 Å². The number of aryl methyl sites for hydroxylation is 1. The number of amides is 1. The molecule has 22 heavy (non-hydrogen) atoms. The van der Waals surface area contributed by atoms with Crippen molar-refractivity contribution in [3.8, 4) is 0 Å². The van der Waals surface area contributed by atoms with Crippen molar-refractivity contribution in [2.45, 2.75) is 13.3 Å². The molecule has 3 rings (SSSR count). The lowest BCUT2D eigenvalue weighted by Gasteiger charge is -2.03. The van der Waals surface area contributed by atoms with Crippen LogP contribution >= 0.6 is 15.9 Å². The third-order valence-corrected chi connectivity index (χ3v) is 3.99. The fraction of sp³-hybridized carbons (Fsp3) is 0.176. The van der Waals surface area contributed by atoms with E-state index in [9.17, 15) is 4.79 Å². The molecule has 5 heteroatoms. The molecule has 0 aliphatic rings. The minimum absolute atomic E-state index is 0.194. The number of fused-ring (bicyclic) bond motifs is 1. The van der Waals surface area contributed by atoms with Crippen LogP contribution in [0.4, 0.5) is 0 Å². The van der Waals surface area contributed by atoms with Crippen molar-refractivity contribution < 1.29 is 9.21 Å². The third kappa shape index (κ3) is 3.04. The number of carbonyl (C=O) groups is 1. The standard InChI is InChI=1S/C17H15BrN2O2/c1-11-14-10-12(18)5-6-15(14)22-16(11)17(21)20-9-7-13-4-2-3-8-19-13/h2-6,8,10H,7,9H2,1H3,(H,20,21). The van der Waals surface area contributed by atoms with Crippen molar-refractivity contribution in [3.05, 3.63) is 64.1 Å². The Balaban J connectivity index is 1.71. The molecule has 1 aromatic carbocycles. The fourth-order valence-corrected chi connectivity index (χ4v) is 2.70. The zero-order valence-electron chi connectivity index (χ0n) is 12.1. The molecular formula is C17H15BrN2O2. The lowest BCUT2D eigenvalue weighted by molar-refractivity contribution is 0.0927. The summed E-state index contributed by atoms with van der Waals surface area (Å²) in [6, 6.07) is 11.5. The summed E-state index contributed by atoms with van der Waals surface area (Å²) in [4.78, 5) is 16.5. The number of carbonyl (C=O) groups excluding carboxylic acids is 1. The number of benzene rings is 1. The molecular weight excluding hydrogens is 344 g/mol. The molecule has 0 atom stereocenters. The van der Waals surface area contributed by atoms with Crippen LogP contribution < -0.4 is 5.32 Å². The van der Waals surface area contributed by atoms with Gasteiger partial charge < -0.3 is 9.73 Å². The van der Waals surface area contributed by atoms with Crippen molar-refractivity contribution in [1.82, 2.24) is 10.3 Å². The van der Waals surface area contributed by atoms with Crippen LogP contribution in [0.15, 0.2) is 51.5 Å². The van der Waals surface area contributed by atoms with Gasteiger partial charge in [0.15, 0.2) is 5.76 Å². The molecule has 0 spiro atoms. The van der Waals surface area contributed by atoms with Crippen LogP contribution in [0.25, 0.3) is 11.0 Å². The Labute approximate surface area is 136 Å². The predicted molar refractivity (Wildman–Crippen MR) is 88.9 cm³/mol. The highest BCUT2D eigenvalue weighted by Crippen LogP contribution is 2.27. The Morgan fingerprint density at radius 1 is 1.32 bits per heavy atom. The van der Waals surface area contributed by atoms with Crippen molar-refractivity contribution >= 4 is 32.8 Å². The smallest absolute Gasteiger partial charge is 0.287 e. The molecule has 3 aromatic rings. The second kappa shape index (κ2) is 6.32. The average molecular weight is 359 g/mol. The van der Waals surface area contributed by atoms with Crippen molar-refractivity contribution in [2.75, 3.05) is 6.54 Å². The summed E-state index contributed by atoms with van der Waals surface area (Å²) in [5.41, 5.74) is 2.52. The van der Waals surface area contributed by atoms with Crippen LogP contribution in [0.1, 0.15) is 21.8 Å². The van der Waals surface area contributed by atoms with E-state index >= 15 is 0 Å². The Kier molecular flexibility index (Phi) is 4.24. The molecule has 0 unspecified atom stereocenters. The van der Waals surface area contributed by atoms with E-state index in [2.05, 4.69) is 26.2 Å².